The fourth-order valence-corrected chi connectivity index (χ4v) is 3.18. The summed E-state index contributed by atoms with van der Waals surface area (Å²) >= 11 is 1.88. The number of benzene rings is 3. The van der Waals surface area contributed by atoms with Gasteiger partial charge in [0.2, 0.25) is 0 Å². The molecule has 0 saturated carbocycles. The number of nitrogens with zero attached hydrogens (tertiary/aromatic N) is 3. The molecule has 0 aliphatic carbocycles. The van der Waals surface area contributed by atoms with Gasteiger partial charge < -0.3 is 14.4 Å². The highest BCUT2D eigenvalue weighted by Crippen LogP contribution is 2.21. The van der Waals surface area contributed by atoms with E-state index in [1.165, 1.54) is 22.4 Å². The van der Waals surface area contributed by atoms with Crippen molar-refractivity contribution in [3.63, 3.8) is 0 Å². The molecule has 0 N–H and O–H groups in total. The van der Waals surface area contributed by atoms with Crippen molar-refractivity contribution < 1.29 is 23.6 Å². The number of halogens is 2. The standard InChI is InChI=1S/C27H23FIN3O4/c1-19(8-9-20-10-14-23(15-11-20)36-24-16-12-22(28)13-17-24)30-35-18-21-6-4-5-7-25(21)26(31-34-3)27(33)32(2)29/h4-7,10-17H,18H2,1-3H3/b30-19+,31-26+. The second kappa shape index (κ2) is 13.3. The zero-order valence-corrected chi connectivity index (χ0v) is 22.0. The van der Waals surface area contributed by atoms with E-state index in [1.54, 1.807) is 50.4 Å². The number of hydrogen-bond acceptors (Lipinski definition) is 6. The van der Waals surface area contributed by atoms with E-state index in [0.717, 1.165) is 11.1 Å². The Hall–Kier alpha value is -3.91. The third-order valence-corrected chi connectivity index (χ3v) is 5.09. The molecule has 7 nitrogen and oxygen atoms in total. The van der Waals surface area contributed by atoms with E-state index in [9.17, 15) is 9.18 Å². The summed E-state index contributed by atoms with van der Waals surface area (Å²) in [6.45, 7) is 1.85. The highest BCUT2D eigenvalue weighted by Gasteiger charge is 2.21. The number of ether oxygens (including phenoxy) is 1. The van der Waals surface area contributed by atoms with Crippen LogP contribution in [0, 0.1) is 17.7 Å². The number of carbonyl (C=O) groups is 1. The number of rotatable bonds is 8. The van der Waals surface area contributed by atoms with Crippen LogP contribution < -0.4 is 4.74 Å². The fraction of sp³-hybridized carbons (Fsp3) is 0.148. The smallest absolute Gasteiger partial charge is 0.284 e. The van der Waals surface area contributed by atoms with Gasteiger partial charge >= 0.3 is 0 Å². The van der Waals surface area contributed by atoms with E-state index >= 15 is 0 Å². The molecule has 0 aliphatic rings. The van der Waals surface area contributed by atoms with Gasteiger partial charge in [0.05, 0.1) is 22.9 Å². The van der Waals surface area contributed by atoms with Crippen LogP contribution in [0.4, 0.5) is 4.39 Å². The molecule has 0 radical (unpaired) electrons. The van der Waals surface area contributed by atoms with Crippen LogP contribution >= 0.6 is 22.9 Å². The van der Waals surface area contributed by atoms with Crippen LogP contribution in [-0.2, 0) is 21.1 Å². The third-order valence-electron chi connectivity index (χ3n) is 4.65. The van der Waals surface area contributed by atoms with E-state index in [2.05, 4.69) is 22.2 Å². The monoisotopic (exact) mass is 599 g/mol. The van der Waals surface area contributed by atoms with E-state index in [1.807, 2.05) is 47.1 Å². The Morgan fingerprint density at radius 1 is 1.00 bits per heavy atom. The molecular weight excluding hydrogens is 576 g/mol. The lowest BCUT2D eigenvalue weighted by Crippen LogP contribution is -2.27. The molecular formula is C27H23FIN3O4. The molecule has 0 atom stereocenters. The summed E-state index contributed by atoms with van der Waals surface area (Å²) in [5.41, 5.74) is 2.73. The lowest BCUT2D eigenvalue weighted by molar-refractivity contribution is -0.117. The van der Waals surface area contributed by atoms with Crippen molar-refractivity contribution in [3.05, 3.63) is 95.3 Å². The van der Waals surface area contributed by atoms with Crippen LogP contribution in [0.1, 0.15) is 23.6 Å². The van der Waals surface area contributed by atoms with Gasteiger partial charge in [-0.3, -0.25) is 7.91 Å². The number of hydrogen-bond donors (Lipinski definition) is 0. The van der Waals surface area contributed by atoms with Gasteiger partial charge in [0, 0.05) is 23.7 Å². The van der Waals surface area contributed by atoms with Gasteiger partial charge in [0.25, 0.3) is 5.91 Å². The first-order chi connectivity index (χ1) is 17.4. The summed E-state index contributed by atoms with van der Waals surface area (Å²) in [5, 5.41) is 7.96. The first-order valence-corrected chi connectivity index (χ1v) is 11.7. The predicted molar refractivity (Wildman–Crippen MR) is 144 cm³/mol. The van der Waals surface area contributed by atoms with Gasteiger partial charge in [-0.15, -0.1) is 0 Å². The third kappa shape index (κ3) is 7.81. The SMILES string of the molecule is CO/N=C(/C(=O)N(C)I)c1ccccc1CO/N=C(\C)C#Cc1ccc(Oc2ccc(F)cc2)cc1. The highest BCUT2D eigenvalue weighted by atomic mass is 127. The average Bonchev–Trinajstić information content (AvgIpc) is 2.88. The molecule has 0 fully saturated rings. The predicted octanol–water partition coefficient (Wildman–Crippen LogP) is 5.72. The van der Waals surface area contributed by atoms with E-state index in [4.69, 9.17) is 14.4 Å². The van der Waals surface area contributed by atoms with Crippen molar-refractivity contribution in [1.29, 1.82) is 0 Å². The second-order valence-electron chi connectivity index (χ2n) is 7.34. The average molecular weight is 599 g/mol. The molecule has 0 aromatic heterocycles. The Balaban J connectivity index is 1.63. The Kier molecular flexibility index (Phi) is 9.82. The van der Waals surface area contributed by atoms with Crippen LogP contribution in [0.2, 0.25) is 0 Å². The Bertz CT molecular complexity index is 1310. The van der Waals surface area contributed by atoms with Crippen LogP contribution in [0.15, 0.2) is 83.1 Å². The number of likely N-dealkylation sites (N-methyl/N-ethyl adjacent to an activating group) is 1. The lowest BCUT2D eigenvalue weighted by atomic mass is 10.0. The van der Waals surface area contributed by atoms with Gasteiger partial charge in [-0.1, -0.05) is 40.5 Å². The minimum Gasteiger partial charge on any atom is -0.457 e. The lowest BCUT2D eigenvalue weighted by Gasteiger charge is -2.13. The van der Waals surface area contributed by atoms with Gasteiger partial charge in [0.15, 0.2) is 5.71 Å². The minimum atomic E-state index is -0.318. The highest BCUT2D eigenvalue weighted by molar-refractivity contribution is 14.1. The Morgan fingerprint density at radius 3 is 2.28 bits per heavy atom. The van der Waals surface area contributed by atoms with Gasteiger partial charge in [-0.25, -0.2) is 4.39 Å². The van der Waals surface area contributed by atoms with Crippen molar-refractivity contribution in [1.82, 2.24) is 3.11 Å². The first-order valence-electron chi connectivity index (χ1n) is 10.7. The number of oxime groups is 2. The van der Waals surface area contributed by atoms with Gasteiger partial charge in [0.1, 0.15) is 36.7 Å². The summed E-state index contributed by atoms with van der Waals surface area (Å²) in [6.07, 6.45) is 0. The van der Waals surface area contributed by atoms with Gasteiger partial charge in [-0.05, 0) is 61.4 Å². The van der Waals surface area contributed by atoms with Crippen molar-refractivity contribution in [2.75, 3.05) is 14.2 Å². The van der Waals surface area contributed by atoms with Gasteiger partial charge in [-0.2, -0.15) is 0 Å². The molecule has 0 spiro atoms. The van der Waals surface area contributed by atoms with Crippen LogP contribution in [-0.4, -0.2) is 34.6 Å². The molecule has 0 aliphatic heterocycles. The molecule has 1 amide bonds. The molecule has 3 aromatic rings. The van der Waals surface area contributed by atoms with E-state index in [0.29, 0.717) is 22.8 Å². The zero-order chi connectivity index (χ0) is 25.9. The summed E-state index contributed by atoms with van der Waals surface area (Å²) in [6, 6.07) is 20.2. The largest absolute Gasteiger partial charge is 0.457 e. The Morgan fingerprint density at radius 2 is 1.64 bits per heavy atom. The van der Waals surface area contributed by atoms with Crippen LogP contribution in [0.5, 0.6) is 11.5 Å². The quantitative estimate of drug-likeness (QED) is 0.109. The Labute approximate surface area is 223 Å². The van der Waals surface area contributed by atoms with Crippen LogP contribution in [0.3, 0.4) is 0 Å². The molecule has 3 aromatic carbocycles. The van der Waals surface area contributed by atoms with Crippen molar-refractivity contribution in [2.24, 2.45) is 10.3 Å². The molecule has 0 saturated heterocycles. The molecule has 0 bridgehead atoms. The molecule has 9 heteroatoms. The fourth-order valence-electron chi connectivity index (χ4n) is 2.95. The number of amides is 1. The first kappa shape index (κ1) is 26.7. The molecule has 0 unspecified atom stereocenters. The van der Waals surface area contributed by atoms with Crippen molar-refractivity contribution in [3.8, 4) is 23.3 Å². The maximum Gasteiger partial charge on any atom is 0.284 e. The van der Waals surface area contributed by atoms with Crippen LogP contribution in [0.25, 0.3) is 0 Å². The normalized spacial score (nSPS) is 11.2. The summed E-state index contributed by atoms with van der Waals surface area (Å²) in [7, 11) is 3.02. The zero-order valence-electron chi connectivity index (χ0n) is 19.9. The summed E-state index contributed by atoms with van der Waals surface area (Å²) < 4.78 is 20.1. The minimum absolute atomic E-state index is 0.117. The number of carbonyl (C=O) groups excluding carboxylic acids is 1. The maximum absolute atomic E-state index is 13.0. The topological polar surface area (TPSA) is 72.7 Å². The van der Waals surface area contributed by atoms with E-state index < -0.39 is 0 Å². The summed E-state index contributed by atoms with van der Waals surface area (Å²) in [5.74, 6) is 6.49. The molecule has 0 heterocycles. The van der Waals surface area contributed by atoms with E-state index in [-0.39, 0.29) is 24.0 Å². The second-order valence-corrected chi connectivity index (χ2v) is 8.79. The van der Waals surface area contributed by atoms with Crippen molar-refractivity contribution >= 4 is 40.2 Å². The molecule has 3 rings (SSSR count). The molecule has 184 valence electrons. The summed E-state index contributed by atoms with van der Waals surface area (Å²) in [4.78, 5) is 22.9. The van der Waals surface area contributed by atoms with Crippen molar-refractivity contribution in [2.45, 2.75) is 13.5 Å². The molecule has 36 heavy (non-hydrogen) atoms. The maximum atomic E-state index is 13.0.